The van der Waals surface area contributed by atoms with Crippen molar-refractivity contribution in [2.45, 2.75) is 12.6 Å². The molecule has 0 aliphatic carbocycles. The number of amides is 1. The molecule has 1 N–H and O–H groups in total. The van der Waals surface area contributed by atoms with Gasteiger partial charge in [0, 0.05) is 0 Å². The predicted molar refractivity (Wildman–Crippen MR) is 51.3 cm³/mol. The monoisotopic (exact) mass is 241 g/mol. The van der Waals surface area contributed by atoms with E-state index in [0.717, 1.165) is 10.2 Å². The average molecular weight is 242 g/mol. The van der Waals surface area contributed by atoms with Crippen LogP contribution in [0.3, 0.4) is 0 Å². The molecule has 0 unspecified atom stereocenters. The quantitative estimate of drug-likeness (QED) is 0.801. The zero-order chi connectivity index (χ0) is 9.26. The molecular formula is C9H8BrNO2. The van der Waals surface area contributed by atoms with Crippen molar-refractivity contribution < 1.29 is 9.53 Å². The molecule has 0 bridgehead atoms. The average Bonchev–Trinajstić information content (AvgIpc) is 2.06. The van der Waals surface area contributed by atoms with Crippen molar-refractivity contribution in [2.24, 2.45) is 0 Å². The zero-order valence-corrected chi connectivity index (χ0v) is 8.37. The Kier molecular flexibility index (Phi) is 2.22. The molecule has 68 valence electrons. The van der Waals surface area contributed by atoms with E-state index < -0.39 is 0 Å². The van der Waals surface area contributed by atoms with Crippen LogP contribution < -0.4 is 10.1 Å². The molecule has 1 aromatic carbocycles. The van der Waals surface area contributed by atoms with Gasteiger partial charge in [0.15, 0.2) is 6.23 Å². The third-order valence-electron chi connectivity index (χ3n) is 1.80. The Morgan fingerprint density at radius 1 is 1.46 bits per heavy atom. The maximum Gasteiger partial charge on any atom is 0.228 e. The molecule has 1 fully saturated rings. The van der Waals surface area contributed by atoms with E-state index in [2.05, 4.69) is 21.2 Å². The lowest BCUT2D eigenvalue weighted by atomic mass is 10.2. The third-order valence-corrected chi connectivity index (χ3v) is 2.45. The van der Waals surface area contributed by atoms with Crippen molar-refractivity contribution in [2.75, 3.05) is 0 Å². The molecule has 1 saturated heterocycles. The van der Waals surface area contributed by atoms with Gasteiger partial charge in [0.2, 0.25) is 5.91 Å². The van der Waals surface area contributed by atoms with Crippen molar-refractivity contribution in [1.29, 1.82) is 0 Å². The summed E-state index contributed by atoms with van der Waals surface area (Å²) in [5.74, 6) is 0.796. The fourth-order valence-corrected chi connectivity index (χ4v) is 1.47. The number of carbonyl (C=O) groups is 1. The number of ether oxygens (including phenoxy) is 1. The highest BCUT2D eigenvalue weighted by Gasteiger charge is 2.27. The fraction of sp³-hybridized carbons (Fsp3) is 0.222. The Labute approximate surface area is 84.2 Å². The lowest BCUT2D eigenvalue weighted by Gasteiger charge is -2.27. The molecule has 0 radical (unpaired) electrons. The number of carbonyl (C=O) groups excluding carboxylic acids is 1. The van der Waals surface area contributed by atoms with Crippen LogP contribution in [0, 0.1) is 0 Å². The third kappa shape index (κ3) is 1.83. The summed E-state index contributed by atoms with van der Waals surface area (Å²) >= 11 is 3.36. The van der Waals surface area contributed by atoms with Crippen molar-refractivity contribution in [1.82, 2.24) is 5.32 Å². The standard InChI is InChI=1S/C9H8BrNO2/c10-6-3-1-2-4-7(6)13-9-5-8(12)11-9/h1-4,9H,5H2,(H,11,12)/t9-/m0/s1. The van der Waals surface area contributed by atoms with Crippen LogP contribution in [0.15, 0.2) is 28.7 Å². The first kappa shape index (κ1) is 8.56. The van der Waals surface area contributed by atoms with Crippen molar-refractivity contribution in [3.05, 3.63) is 28.7 Å². The summed E-state index contributed by atoms with van der Waals surface area (Å²) in [5.41, 5.74) is 0. The number of hydrogen-bond donors (Lipinski definition) is 1. The second kappa shape index (κ2) is 3.38. The first-order valence-corrected chi connectivity index (χ1v) is 4.75. The van der Waals surface area contributed by atoms with Gasteiger partial charge in [0.1, 0.15) is 5.75 Å². The van der Waals surface area contributed by atoms with E-state index in [4.69, 9.17) is 4.74 Å². The number of β-lactam (4-membered cyclic amide) rings is 1. The second-order valence-corrected chi connectivity index (χ2v) is 3.66. The van der Waals surface area contributed by atoms with Crippen LogP contribution in [-0.4, -0.2) is 12.1 Å². The summed E-state index contributed by atoms with van der Waals surface area (Å²) in [6.45, 7) is 0. The van der Waals surface area contributed by atoms with Gasteiger partial charge in [-0.1, -0.05) is 12.1 Å². The smallest absolute Gasteiger partial charge is 0.228 e. The number of nitrogens with one attached hydrogen (secondary N) is 1. The van der Waals surface area contributed by atoms with E-state index in [1.165, 1.54) is 0 Å². The molecule has 1 aliphatic heterocycles. The highest BCUT2D eigenvalue weighted by molar-refractivity contribution is 9.10. The molecule has 3 nitrogen and oxygen atoms in total. The van der Waals surface area contributed by atoms with Gasteiger partial charge in [-0.2, -0.15) is 0 Å². The number of rotatable bonds is 2. The highest BCUT2D eigenvalue weighted by atomic mass is 79.9. The van der Waals surface area contributed by atoms with Crippen LogP contribution >= 0.6 is 15.9 Å². The van der Waals surface area contributed by atoms with Gasteiger partial charge in [0.25, 0.3) is 0 Å². The van der Waals surface area contributed by atoms with E-state index in [9.17, 15) is 4.79 Å². The van der Waals surface area contributed by atoms with Crippen LogP contribution in [0.4, 0.5) is 0 Å². The zero-order valence-electron chi connectivity index (χ0n) is 6.79. The lowest BCUT2D eigenvalue weighted by molar-refractivity contribution is -0.134. The van der Waals surface area contributed by atoms with Crippen molar-refractivity contribution in [3.63, 3.8) is 0 Å². The predicted octanol–water partition coefficient (Wildman–Crippen LogP) is 1.67. The van der Waals surface area contributed by atoms with E-state index >= 15 is 0 Å². The molecule has 1 aromatic rings. The largest absolute Gasteiger partial charge is 0.469 e. The molecular weight excluding hydrogens is 234 g/mol. The molecule has 0 saturated carbocycles. The molecule has 2 rings (SSSR count). The molecule has 0 spiro atoms. The lowest BCUT2D eigenvalue weighted by Crippen LogP contribution is -2.51. The molecule has 0 aromatic heterocycles. The second-order valence-electron chi connectivity index (χ2n) is 2.81. The van der Waals surface area contributed by atoms with Gasteiger partial charge in [-0.05, 0) is 28.1 Å². The Hall–Kier alpha value is -1.03. The summed E-state index contributed by atoms with van der Waals surface area (Å²) in [5, 5.41) is 2.64. The number of halogens is 1. The maximum absolute atomic E-state index is 10.6. The summed E-state index contributed by atoms with van der Waals surface area (Å²) < 4.78 is 6.37. The van der Waals surface area contributed by atoms with Crippen LogP contribution in [0.5, 0.6) is 5.75 Å². The molecule has 1 amide bonds. The minimum absolute atomic E-state index is 0.0389. The van der Waals surface area contributed by atoms with E-state index in [-0.39, 0.29) is 12.1 Å². The Bertz CT molecular complexity index is 332. The van der Waals surface area contributed by atoms with Gasteiger partial charge in [-0.25, -0.2) is 0 Å². The molecule has 13 heavy (non-hydrogen) atoms. The van der Waals surface area contributed by atoms with E-state index in [1.54, 1.807) is 0 Å². The van der Waals surface area contributed by atoms with E-state index in [0.29, 0.717) is 6.42 Å². The van der Waals surface area contributed by atoms with Crippen LogP contribution in [-0.2, 0) is 4.79 Å². The van der Waals surface area contributed by atoms with Gasteiger partial charge in [0.05, 0.1) is 10.9 Å². The number of benzene rings is 1. The van der Waals surface area contributed by atoms with Crippen LogP contribution in [0.25, 0.3) is 0 Å². The Morgan fingerprint density at radius 3 is 2.77 bits per heavy atom. The van der Waals surface area contributed by atoms with Crippen LogP contribution in [0.1, 0.15) is 6.42 Å². The number of hydrogen-bond acceptors (Lipinski definition) is 2. The first-order valence-electron chi connectivity index (χ1n) is 3.96. The molecule has 4 heteroatoms. The molecule has 1 heterocycles. The SMILES string of the molecule is O=C1C[C@H](Oc2ccccc2Br)N1. The highest BCUT2D eigenvalue weighted by Crippen LogP contribution is 2.25. The molecule has 1 atom stereocenters. The topological polar surface area (TPSA) is 38.3 Å². The van der Waals surface area contributed by atoms with Gasteiger partial charge in [-0.15, -0.1) is 0 Å². The first-order chi connectivity index (χ1) is 6.25. The maximum atomic E-state index is 10.6. The summed E-state index contributed by atoms with van der Waals surface area (Å²) in [6.07, 6.45) is 0.285. The summed E-state index contributed by atoms with van der Waals surface area (Å²) in [4.78, 5) is 10.6. The Morgan fingerprint density at radius 2 is 2.15 bits per heavy atom. The van der Waals surface area contributed by atoms with Crippen LogP contribution in [0.2, 0.25) is 0 Å². The van der Waals surface area contributed by atoms with Crippen molar-refractivity contribution in [3.8, 4) is 5.75 Å². The summed E-state index contributed by atoms with van der Waals surface area (Å²) in [6, 6.07) is 7.56. The van der Waals surface area contributed by atoms with Crippen molar-refractivity contribution >= 4 is 21.8 Å². The van der Waals surface area contributed by atoms with Gasteiger partial charge >= 0.3 is 0 Å². The summed E-state index contributed by atoms with van der Waals surface area (Å²) in [7, 11) is 0. The van der Waals surface area contributed by atoms with Gasteiger partial charge in [-0.3, -0.25) is 4.79 Å². The minimum atomic E-state index is -0.161. The number of para-hydroxylation sites is 1. The Balaban J connectivity index is 2.02. The van der Waals surface area contributed by atoms with Gasteiger partial charge < -0.3 is 10.1 Å². The fourth-order valence-electron chi connectivity index (χ4n) is 1.09. The minimum Gasteiger partial charge on any atom is -0.469 e. The van der Waals surface area contributed by atoms with E-state index in [1.807, 2.05) is 24.3 Å². The molecule has 1 aliphatic rings. The normalized spacial score (nSPS) is 20.4.